The fourth-order valence-electron chi connectivity index (χ4n) is 3.82. The molecule has 0 atom stereocenters. The minimum atomic E-state index is -4.84. The summed E-state index contributed by atoms with van der Waals surface area (Å²) in [7, 11) is -5.43. The molecule has 14 heteroatoms. The Labute approximate surface area is 230 Å². The number of hydrogen-bond donors (Lipinski definition) is 3. The molecule has 4 rings (SSSR count). The highest BCUT2D eigenvalue weighted by Crippen LogP contribution is 2.43. The van der Waals surface area contributed by atoms with E-state index < -0.39 is 24.9 Å². The predicted molar refractivity (Wildman–Crippen MR) is 150 cm³/mol. The van der Waals surface area contributed by atoms with Crippen LogP contribution in [0.5, 0.6) is 11.5 Å². The van der Waals surface area contributed by atoms with Crippen molar-refractivity contribution in [3.05, 3.63) is 66.7 Å². The number of nitrogens with one attached hydrogen (secondary N) is 1. The largest absolute Gasteiger partial charge is 0.505 e. The molecule has 4 aromatic carbocycles. The van der Waals surface area contributed by atoms with E-state index >= 15 is 0 Å². The van der Waals surface area contributed by atoms with E-state index in [1.807, 2.05) is 0 Å². The molecule has 0 aliphatic carbocycles. The number of sulfone groups is 1. The highest BCUT2D eigenvalue weighted by molar-refractivity contribution is 7.91. The Morgan fingerprint density at radius 3 is 2.15 bits per heavy atom. The van der Waals surface area contributed by atoms with Crippen molar-refractivity contribution < 1.29 is 31.2 Å². The lowest BCUT2D eigenvalue weighted by Gasteiger charge is -2.11. The standard InChI is InChI=1S/C26H25N5O7S2/c1-4-39(33,34)16-9-12-20(24(15-16)40(35,36)37)29-31-25-17-10-14-22(26(32)18(17)11-13-21(25)27-2)30-28-19-7-5-6-8-23(19)38-3/h5-15,27,32H,4H2,1-3H3,(H,35,36,37). The zero-order chi connectivity index (χ0) is 29.1. The average Bonchev–Trinajstić information content (AvgIpc) is 2.95. The van der Waals surface area contributed by atoms with Gasteiger partial charge in [-0.1, -0.05) is 19.1 Å². The number of phenolic OH excluding ortho intramolecular Hbond substituents is 1. The predicted octanol–water partition coefficient (Wildman–Crippen LogP) is 6.47. The van der Waals surface area contributed by atoms with E-state index in [0.717, 1.165) is 12.1 Å². The lowest BCUT2D eigenvalue weighted by Crippen LogP contribution is -2.06. The van der Waals surface area contributed by atoms with Crippen LogP contribution >= 0.6 is 0 Å². The SMILES string of the molecule is CCS(=O)(=O)c1ccc(N=Nc2c(NC)ccc3c(O)c(N=Nc4ccccc4OC)ccc23)c(S(=O)(=O)O)c1. The summed E-state index contributed by atoms with van der Waals surface area (Å²) >= 11 is 0. The van der Waals surface area contributed by atoms with Crippen LogP contribution in [-0.2, 0) is 20.0 Å². The van der Waals surface area contributed by atoms with Crippen LogP contribution < -0.4 is 10.1 Å². The van der Waals surface area contributed by atoms with Gasteiger partial charge in [0.25, 0.3) is 10.1 Å². The molecule has 0 aromatic heterocycles. The van der Waals surface area contributed by atoms with Gasteiger partial charge in [0.05, 0.1) is 23.4 Å². The van der Waals surface area contributed by atoms with Gasteiger partial charge in [-0.15, -0.1) is 20.5 Å². The Bertz CT molecular complexity index is 1870. The topological polar surface area (TPSA) is 179 Å². The molecule has 0 spiro atoms. The van der Waals surface area contributed by atoms with Gasteiger partial charge in [0.15, 0.2) is 15.6 Å². The second-order valence-corrected chi connectivity index (χ2v) is 12.0. The lowest BCUT2D eigenvalue weighted by atomic mass is 10.1. The van der Waals surface area contributed by atoms with Crippen LogP contribution in [0.1, 0.15) is 6.92 Å². The van der Waals surface area contributed by atoms with Crippen LogP contribution in [0.15, 0.2) is 97.0 Å². The van der Waals surface area contributed by atoms with E-state index in [-0.39, 0.29) is 33.5 Å². The molecule has 0 radical (unpaired) electrons. The summed E-state index contributed by atoms with van der Waals surface area (Å²) in [5, 5.41) is 31.3. The molecule has 0 aliphatic heterocycles. The number of nitrogens with zero attached hydrogens (tertiary/aromatic N) is 4. The summed E-state index contributed by atoms with van der Waals surface area (Å²) in [6.45, 7) is 1.41. The average molecular weight is 584 g/mol. The number of para-hydroxylation sites is 1. The number of ether oxygens (including phenoxy) is 1. The Hall–Kier alpha value is -4.40. The Kier molecular flexibility index (Phi) is 8.13. The van der Waals surface area contributed by atoms with Gasteiger partial charge in [-0.2, -0.15) is 8.42 Å². The van der Waals surface area contributed by atoms with Gasteiger partial charge in [-0.3, -0.25) is 4.55 Å². The van der Waals surface area contributed by atoms with Crippen LogP contribution in [0.2, 0.25) is 0 Å². The van der Waals surface area contributed by atoms with E-state index in [1.54, 1.807) is 49.5 Å². The normalized spacial score (nSPS) is 12.4. The minimum Gasteiger partial charge on any atom is -0.505 e. The molecule has 0 bridgehead atoms. The van der Waals surface area contributed by atoms with E-state index in [2.05, 4.69) is 25.8 Å². The van der Waals surface area contributed by atoms with E-state index in [1.165, 1.54) is 26.2 Å². The maximum atomic E-state index is 12.2. The number of benzene rings is 4. The monoisotopic (exact) mass is 583 g/mol. The molecule has 0 aliphatic rings. The molecular formula is C26H25N5O7S2. The van der Waals surface area contributed by atoms with Crippen LogP contribution in [0, 0.1) is 0 Å². The molecule has 0 amide bonds. The first-order valence-corrected chi connectivity index (χ1v) is 14.9. The maximum Gasteiger partial charge on any atom is 0.296 e. The summed E-state index contributed by atoms with van der Waals surface area (Å²) in [6.07, 6.45) is 0. The quantitative estimate of drug-likeness (QED) is 0.148. The smallest absolute Gasteiger partial charge is 0.296 e. The molecule has 4 aromatic rings. The number of phenols is 1. The maximum absolute atomic E-state index is 12.2. The van der Waals surface area contributed by atoms with Gasteiger partial charge >= 0.3 is 0 Å². The number of anilines is 1. The summed E-state index contributed by atoms with van der Waals surface area (Å²) < 4.78 is 63.6. The molecule has 0 saturated carbocycles. The summed E-state index contributed by atoms with van der Waals surface area (Å²) in [5.41, 5.74) is 1.12. The van der Waals surface area contributed by atoms with Crippen LogP contribution in [0.25, 0.3) is 10.8 Å². The molecule has 12 nitrogen and oxygen atoms in total. The first-order chi connectivity index (χ1) is 19.0. The van der Waals surface area contributed by atoms with E-state index in [9.17, 15) is 26.5 Å². The Morgan fingerprint density at radius 1 is 0.825 bits per heavy atom. The van der Waals surface area contributed by atoms with Gasteiger partial charge in [-0.05, 0) is 54.6 Å². The Morgan fingerprint density at radius 2 is 1.48 bits per heavy atom. The zero-order valence-electron chi connectivity index (χ0n) is 21.6. The van der Waals surface area contributed by atoms with Crippen LogP contribution in [-0.4, -0.2) is 46.4 Å². The zero-order valence-corrected chi connectivity index (χ0v) is 23.2. The first kappa shape index (κ1) is 28.6. The summed E-state index contributed by atoms with van der Waals surface area (Å²) in [4.78, 5) is -0.985. The van der Waals surface area contributed by atoms with Crippen molar-refractivity contribution >= 4 is 59.2 Å². The third-order valence-electron chi connectivity index (χ3n) is 5.95. The van der Waals surface area contributed by atoms with Crippen molar-refractivity contribution in [2.45, 2.75) is 16.7 Å². The van der Waals surface area contributed by atoms with Gasteiger partial charge in [-0.25, -0.2) is 8.42 Å². The fourth-order valence-corrected chi connectivity index (χ4v) is 5.45. The number of azo groups is 2. The van der Waals surface area contributed by atoms with E-state index in [4.69, 9.17) is 4.74 Å². The molecule has 0 saturated heterocycles. The number of methoxy groups -OCH3 is 1. The second kappa shape index (κ2) is 11.4. The number of fused-ring (bicyclic) bond motifs is 1. The second-order valence-electron chi connectivity index (χ2n) is 8.32. The van der Waals surface area contributed by atoms with Gasteiger partial charge in [0, 0.05) is 17.8 Å². The third kappa shape index (κ3) is 5.78. The van der Waals surface area contributed by atoms with Crippen LogP contribution in [0.3, 0.4) is 0 Å². The van der Waals surface area contributed by atoms with Crippen molar-refractivity contribution in [2.24, 2.45) is 20.5 Å². The molecule has 0 heterocycles. The first-order valence-electron chi connectivity index (χ1n) is 11.8. The highest BCUT2D eigenvalue weighted by Gasteiger charge is 2.21. The molecule has 0 unspecified atom stereocenters. The van der Waals surface area contributed by atoms with Crippen molar-refractivity contribution in [3.8, 4) is 11.5 Å². The third-order valence-corrected chi connectivity index (χ3v) is 8.56. The lowest BCUT2D eigenvalue weighted by molar-refractivity contribution is 0.416. The summed E-state index contributed by atoms with van der Waals surface area (Å²) in [6, 6.07) is 16.6. The van der Waals surface area contributed by atoms with Gasteiger partial charge in [0.2, 0.25) is 0 Å². The van der Waals surface area contributed by atoms with E-state index in [0.29, 0.717) is 27.9 Å². The fraction of sp³-hybridized carbons (Fsp3) is 0.154. The molecule has 208 valence electrons. The molecular weight excluding hydrogens is 558 g/mol. The van der Waals surface area contributed by atoms with Gasteiger partial charge < -0.3 is 15.2 Å². The van der Waals surface area contributed by atoms with Crippen LogP contribution in [0.4, 0.5) is 28.4 Å². The number of hydrogen-bond acceptors (Lipinski definition) is 11. The van der Waals surface area contributed by atoms with Crippen molar-refractivity contribution in [2.75, 3.05) is 25.2 Å². The number of aromatic hydroxyl groups is 1. The molecule has 0 fully saturated rings. The van der Waals surface area contributed by atoms with Crippen molar-refractivity contribution in [1.29, 1.82) is 0 Å². The van der Waals surface area contributed by atoms with Gasteiger partial charge in [0.1, 0.15) is 33.4 Å². The van der Waals surface area contributed by atoms with Crippen molar-refractivity contribution in [3.63, 3.8) is 0 Å². The highest BCUT2D eigenvalue weighted by atomic mass is 32.2. The molecule has 40 heavy (non-hydrogen) atoms. The Balaban J connectivity index is 1.81. The van der Waals surface area contributed by atoms with Crippen molar-refractivity contribution in [1.82, 2.24) is 0 Å². The summed E-state index contributed by atoms with van der Waals surface area (Å²) in [5.74, 6) is 0.0741. The molecule has 3 N–H and O–H groups in total. The number of rotatable bonds is 9. The minimum absolute atomic E-state index is 0.178.